The van der Waals surface area contributed by atoms with Gasteiger partial charge in [0.2, 0.25) is 0 Å². The third kappa shape index (κ3) is 4.29. The van der Waals surface area contributed by atoms with Crippen molar-refractivity contribution in [3.63, 3.8) is 0 Å². The smallest absolute Gasteiger partial charge is 0.0991 e. The van der Waals surface area contributed by atoms with E-state index in [0.29, 0.717) is 5.56 Å². The summed E-state index contributed by atoms with van der Waals surface area (Å²) in [5.41, 5.74) is 3.08. The first-order valence-corrected chi connectivity index (χ1v) is 5.64. The Labute approximate surface area is 97.6 Å². The van der Waals surface area contributed by atoms with Crippen LogP contribution in [0.2, 0.25) is 0 Å². The summed E-state index contributed by atoms with van der Waals surface area (Å²) in [6, 6.07) is 9.81. The highest BCUT2D eigenvalue weighted by atomic mass is 14.8. The van der Waals surface area contributed by atoms with Crippen LogP contribution in [0.15, 0.2) is 29.8 Å². The summed E-state index contributed by atoms with van der Waals surface area (Å²) in [5.74, 6) is 0. The molecular formula is C14H18N2. The van der Waals surface area contributed by atoms with Crippen molar-refractivity contribution >= 4 is 6.08 Å². The summed E-state index contributed by atoms with van der Waals surface area (Å²) in [5, 5.41) is 12.1. The fourth-order valence-electron chi connectivity index (χ4n) is 1.50. The van der Waals surface area contributed by atoms with Crippen molar-refractivity contribution in [2.75, 3.05) is 13.1 Å². The molecule has 2 heteroatoms. The van der Waals surface area contributed by atoms with Crippen LogP contribution in [-0.2, 0) is 0 Å². The van der Waals surface area contributed by atoms with Gasteiger partial charge in [0.15, 0.2) is 0 Å². The number of benzene rings is 1. The van der Waals surface area contributed by atoms with Crippen molar-refractivity contribution in [2.45, 2.75) is 20.3 Å². The Hall–Kier alpha value is -1.59. The third-order valence-electron chi connectivity index (χ3n) is 2.26. The normalized spacial score (nSPS) is 11.2. The molecule has 0 saturated heterocycles. The second kappa shape index (κ2) is 6.81. The molecule has 1 aromatic rings. The molecule has 0 unspecified atom stereocenters. The van der Waals surface area contributed by atoms with Crippen LogP contribution < -0.4 is 5.32 Å². The number of nitrogens with one attached hydrogen (secondary N) is 1. The molecule has 2 nitrogen and oxygen atoms in total. The fraction of sp³-hybridized carbons (Fsp3) is 0.357. The van der Waals surface area contributed by atoms with Gasteiger partial charge in [0.25, 0.3) is 0 Å². The molecule has 1 N–H and O–H groups in total. The molecule has 0 atom stereocenters. The predicted octanol–water partition coefficient (Wildman–Crippen LogP) is 2.96. The van der Waals surface area contributed by atoms with Gasteiger partial charge in [-0.1, -0.05) is 30.7 Å². The van der Waals surface area contributed by atoms with E-state index in [2.05, 4.69) is 31.3 Å². The summed E-state index contributed by atoms with van der Waals surface area (Å²) in [6.07, 6.45) is 3.26. The molecule has 84 valence electrons. The van der Waals surface area contributed by atoms with Crippen molar-refractivity contribution in [1.82, 2.24) is 5.32 Å². The monoisotopic (exact) mass is 214 g/mol. The van der Waals surface area contributed by atoms with Gasteiger partial charge in [-0.05, 0) is 37.6 Å². The van der Waals surface area contributed by atoms with Gasteiger partial charge in [-0.15, -0.1) is 0 Å². The van der Waals surface area contributed by atoms with Crippen LogP contribution in [-0.4, -0.2) is 13.1 Å². The lowest BCUT2D eigenvalue weighted by molar-refractivity contribution is 0.715. The van der Waals surface area contributed by atoms with Crippen molar-refractivity contribution in [3.05, 3.63) is 41.0 Å². The second-order valence-electron chi connectivity index (χ2n) is 3.90. The lowest BCUT2D eigenvalue weighted by atomic mass is 10.1. The number of nitriles is 1. The second-order valence-corrected chi connectivity index (χ2v) is 3.90. The van der Waals surface area contributed by atoms with Crippen LogP contribution in [0.5, 0.6) is 0 Å². The molecule has 0 aliphatic rings. The van der Waals surface area contributed by atoms with Crippen LogP contribution in [0, 0.1) is 11.3 Å². The Morgan fingerprint density at radius 1 is 1.50 bits per heavy atom. The summed E-state index contributed by atoms with van der Waals surface area (Å²) >= 11 is 0. The van der Waals surface area contributed by atoms with E-state index in [-0.39, 0.29) is 0 Å². The Morgan fingerprint density at radius 3 is 3.00 bits per heavy atom. The Bertz CT molecular complexity index is 399. The molecule has 0 saturated carbocycles. The zero-order valence-corrected chi connectivity index (χ0v) is 9.96. The maximum atomic E-state index is 8.79. The molecule has 0 aliphatic heterocycles. The quantitative estimate of drug-likeness (QED) is 0.765. The molecule has 0 amide bonds. The van der Waals surface area contributed by atoms with E-state index < -0.39 is 0 Å². The van der Waals surface area contributed by atoms with Gasteiger partial charge in [-0.2, -0.15) is 5.26 Å². The van der Waals surface area contributed by atoms with Gasteiger partial charge in [0.1, 0.15) is 0 Å². The zero-order chi connectivity index (χ0) is 11.8. The molecule has 0 heterocycles. The van der Waals surface area contributed by atoms with Crippen LogP contribution in [0.25, 0.3) is 6.08 Å². The largest absolute Gasteiger partial charge is 0.313 e. The van der Waals surface area contributed by atoms with Gasteiger partial charge in [0, 0.05) is 6.54 Å². The van der Waals surface area contributed by atoms with Crippen LogP contribution in [0.1, 0.15) is 31.4 Å². The molecule has 0 aromatic heterocycles. The highest BCUT2D eigenvalue weighted by molar-refractivity contribution is 5.55. The summed E-state index contributed by atoms with van der Waals surface area (Å²) in [6.45, 7) is 6.21. The van der Waals surface area contributed by atoms with Gasteiger partial charge < -0.3 is 5.32 Å². The first-order valence-electron chi connectivity index (χ1n) is 5.64. The first-order chi connectivity index (χ1) is 7.76. The molecule has 1 rings (SSSR count). The van der Waals surface area contributed by atoms with Crippen LogP contribution >= 0.6 is 0 Å². The summed E-state index contributed by atoms with van der Waals surface area (Å²) in [7, 11) is 0. The molecule has 0 spiro atoms. The fourth-order valence-corrected chi connectivity index (χ4v) is 1.50. The van der Waals surface area contributed by atoms with Crippen LogP contribution in [0.4, 0.5) is 0 Å². The third-order valence-corrected chi connectivity index (χ3v) is 2.26. The lowest BCUT2D eigenvalue weighted by Crippen LogP contribution is -2.16. The highest BCUT2D eigenvalue weighted by Crippen LogP contribution is 2.08. The number of nitrogens with zero attached hydrogens (tertiary/aromatic N) is 1. The first kappa shape index (κ1) is 12.5. The average Bonchev–Trinajstić information content (AvgIpc) is 2.29. The standard InChI is InChI=1S/C14H18N2/c1-3-7-16-11-12(2)8-13-5-4-6-14(9-13)10-15/h4-6,8-9,16H,3,7,11H2,1-2H3. The summed E-state index contributed by atoms with van der Waals surface area (Å²) < 4.78 is 0. The number of hydrogen-bond donors (Lipinski definition) is 1. The van der Waals surface area contributed by atoms with Crippen molar-refractivity contribution in [1.29, 1.82) is 5.26 Å². The van der Waals surface area contributed by atoms with Gasteiger partial charge >= 0.3 is 0 Å². The number of hydrogen-bond acceptors (Lipinski definition) is 2. The average molecular weight is 214 g/mol. The van der Waals surface area contributed by atoms with E-state index >= 15 is 0 Å². The maximum Gasteiger partial charge on any atom is 0.0991 e. The Kier molecular flexibility index (Phi) is 5.31. The molecule has 16 heavy (non-hydrogen) atoms. The lowest BCUT2D eigenvalue weighted by Gasteiger charge is -2.03. The zero-order valence-electron chi connectivity index (χ0n) is 9.96. The maximum absolute atomic E-state index is 8.79. The Morgan fingerprint density at radius 2 is 2.31 bits per heavy atom. The molecule has 0 aliphatic carbocycles. The minimum atomic E-state index is 0.711. The van der Waals surface area contributed by atoms with Crippen molar-refractivity contribution < 1.29 is 0 Å². The molecule has 0 radical (unpaired) electrons. The SMILES string of the molecule is CCCNCC(C)=Cc1cccc(C#N)c1. The Balaban J connectivity index is 2.63. The van der Waals surface area contributed by atoms with Gasteiger partial charge in [-0.3, -0.25) is 0 Å². The molecule has 1 aromatic carbocycles. The number of rotatable bonds is 5. The molecular weight excluding hydrogens is 196 g/mol. The van der Waals surface area contributed by atoms with Gasteiger partial charge in [-0.25, -0.2) is 0 Å². The minimum Gasteiger partial charge on any atom is -0.313 e. The van der Waals surface area contributed by atoms with E-state index in [1.165, 1.54) is 5.57 Å². The molecule has 0 bridgehead atoms. The van der Waals surface area contributed by atoms with E-state index in [0.717, 1.165) is 25.1 Å². The highest BCUT2D eigenvalue weighted by Gasteiger charge is 1.93. The van der Waals surface area contributed by atoms with E-state index in [9.17, 15) is 0 Å². The van der Waals surface area contributed by atoms with E-state index in [1.807, 2.05) is 24.3 Å². The minimum absolute atomic E-state index is 0.711. The van der Waals surface area contributed by atoms with Gasteiger partial charge in [0.05, 0.1) is 11.6 Å². The van der Waals surface area contributed by atoms with Crippen molar-refractivity contribution in [3.8, 4) is 6.07 Å². The molecule has 0 fully saturated rings. The summed E-state index contributed by atoms with van der Waals surface area (Å²) in [4.78, 5) is 0. The van der Waals surface area contributed by atoms with Crippen molar-refractivity contribution in [2.24, 2.45) is 0 Å². The van der Waals surface area contributed by atoms with E-state index in [4.69, 9.17) is 5.26 Å². The predicted molar refractivity (Wildman–Crippen MR) is 68.0 cm³/mol. The van der Waals surface area contributed by atoms with Crippen LogP contribution in [0.3, 0.4) is 0 Å². The topological polar surface area (TPSA) is 35.8 Å². The van der Waals surface area contributed by atoms with E-state index in [1.54, 1.807) is 0 Å².